The van der Waals surface area contributed by atoms with E-state index < -0.39 is 0 Å². The first kappa shape index (κ1) is 7.50. The molecule has 8 heavy (non-hydrogen) atoms. The minimum atomic E-state index is 0.964. The van der Waals surface area contributed by atoms with Crippen molar-refractivity contribution < 1.29 is 0 Å². The summed E-state index contributed by atoms with van der Waals surface area (Å²) in [5, 5.41) is 1.97. The molecule has 0 aliphatic carbocycles. The minimum absolute atomic E-state index is 0.964. The Morgan fingerprint density at radius 1 is 1.75 bits per heavy atom. The standard InChI is InChI=1S/C6H14N2/c1-5-8(7-4)6(2)3/h7H,2,5H2,1,3-4H3. The fraction of sp³-hybridized carbons (Fsp3) is 0.667. The average molecular weight is 114 g/mol. The number of nitrogens with one attached hydrogen (secondary N) is 1. The van der Waals surface area contributed by atoms with Crippen molar-refractivity contribution >= 4 is 0 Å². The van der Waals surface area contributed by atoms with Crippen LogP contribution in [-0.2, 0) is 0 Å². The van der Waals surface area contributed by atoms with Crippen LogP contribution in [0, 0.1) is 0 Å². The van der Waals surface area contributed by atoms with E-state index in [0.29, 0.717) is 0 Å². The van der Waals surface area contributed by atoms with E-state index in [4.69, 9.17) is 0 Å². The van der Waals surface area contributed by atoms with Gasteiger partial charge in [0.15, 0.2) is 0 Å². The fourth-order valence-corrected chi connectivity index (χ4v) is 0.619. The molecule has 0 aromatic heterocycles. The number of rotatable bonds is 3. The zero-order chi connectivity index (χ0) is 6.57. The van der Waals surface area contributed by atoms with Gasteiger partial charge in [-0.25, -0.2) is 5.43 Å². The topological polar surface area (TPSA) is 15.3 Å². The van der Waals surface area contributed by atoms with Gasteiger partial charge in [0.05, 0.1) is 0 Å². The molecule has 0 atom stereocenters. The third-order valence-corrected chi connectivity index (χ3v) is 1.05. The van der Waals surface area contributed by atoms with Crippen molar-refractivity contribution in [2.45, 2.75) is 13.8 Å². The highest BCUT2D eigenvalue weighted by molar-refractivity contribution is 4.84. The summed E-state index contributed by atoms with van der Waals surface area (Å²) >= 11 is 0. The summed E-state index contributed by atoms with van der Waals surface area (Å²) in [6.45, 7) is 8.77. The molecular formula is C6H14N2. The molecule has 0 aromatic carbocycles. The molecule has 0 unspecified atom stereocenters. The zero-order valence-corrected chi connectivity index (χ0v) is 5.86. The first-order valence-electron chi connectivity index (χ1n) is 2.82. The van der Waals surface area contributed by atoms with Gasteiger partial charge in [0.25, 0.3) is 0 Å². The lowest BCUT2D eigenvalue weighted by atomic mass is 10.5. The van der Waals surface area contributed by atoms with Crippen molar-refractivity contribution in [1.82, 2.24) is 10.4 Å². The molecule has 48 valence electrons. The highest BCUT2D eigenvalue weighted by atomic mass is 15.5. The Hall–Kier alpha value is -0.500. The van der Waals surface area contributed by atoms with E-state index in [1.807, 2.05) is 19.0 Å². The molecule has 2 nitrogen and oxygen atoms in total. The molecule has 0 spiro atoms. The van der Waals surface area contributed by atoms with Gasteiger partial charge in [-0.15, -0.1) is 0 Å². The Bertz CT molecular complexity index is 74.6. The minimum Gasteiger partial charge on any atom is -0.314 e. The maximum atomic E-state index is 3.76. The van der Waals surface area contributed by atoms with Gasteiger partial charge in [0.1, 0.15) is 0 Å². The van der Waals surface area contributed by atoms with Crippen molar-refractivity contribution in [3.8, 4) is 0 Å². The third kappa shape index (κ3) is 1.98. The second kappa shape index (κ2) is 3.50. The van der Waals surface area contributed by atoms with Gasteiger partial charge in [0.2, 0.25) is 0 Å². The molecule has 0 aliphatic heterocycles. The van der Waals surface area contributed by atoms with Crippen LogP contribution in [0.3, 0.4) is 0 Å². The van der Waals surface area contributed by atoms with Gasteiger partial charge in [-0.1, -0.05) is 6.58 Å². The van der Waals surface area contributed by atoms with Crippen LogP contribution in [0.15, 0.2) is 12.3 Å². The Kier molecular flexibility index (Phi) is 3.28. The Morgan fingerprint density at radius 2 is 2.25 bits per heavy atom. The van der Waals surface area contributed by atoms with Crippen LogP contribution < -0.4 is 5.43 Å². The Morgan fingerprint density at radius 3 is 2.25 bits per heavy atom. The number of hydrogen-bond acceptors (Lipinski definition) is 2. The van der Waals surface area contributed by atoms with E-state index in [1.54, 1.807) is 0 Å². The van der Waals surface area contributed by atoms with Crippen LogP contribution in [0.4, 0.5) is 0 Å². The molecule has 0 heterocycles. The maximum absolute atomic E-state index is 3.76. The molecule has 0 saturated carbocycles. The van der Waals surface area contributed by atoms with Crippen LogP contribution in [0.1, 0.15) is 13.8 Å². The van der Waals surface area contributed by atoms with Crippen molar-refractivity contribution in [2.24, 2.45) is 0 Å². The lowest BCUT2D eigenvalue weighted by Gasteiger charge is -2.20. The summed E-state index contributed by atoms with van der Waals surface area (Å²) in [5.41, 5.74) is 4.04. The van der Waals surface area contributed by atoms with E-state index in [0.717, 1.165) is 12.2 Å². The van der Waals surface area contributed by atoms with Crippen LogP contribution >= 0.6 is 0 Å². The molecule has 0 radical (unpaired) electrons. The molecule has 0 aliphatic rings. The lowest BCUT2D eigenvalue weighted by Crippen LogP contribution is -2.32. The van der Waals surface area contributed by atoms with E-state index in [-0.39, 0.29) is 0 Å². The van der Waals surface area contributed by atoms with Crippen molar-refractivity contribution in [1.29, 1.82) is 0 Å². The van der Waals surface area contributed by atoms with Gasteiger partial charge in [0, 0.05) is 19.3 Å². The number of allylic oxidation sites excluding steroid dienone is 1. The first-order valence-corrected chi connectivity index (χ1v) is 2.82. The molecule has 0 rings (SSSR count). The molecule has 2 heteroatoms. The smallest absolute Gasteiger partial charge is 0.0312 e. The summed E-state index contributed by atoms with van der Waals surface area (Å²) in [7, 11) is 1.89. The molecule has 0 fully saturated rings. The predicted octanol–water partition coefficient (Wildman–Crippen LogP) is 0.976. The second-order valence-electron chi connectivity index (χ2n) is 1.70. The summed E-state index contributed by atoms with van der Waals surface area (Å²) in [6, 6.07) is 0. The SMILES string of the molecule is C=C(C)N(CC)NC. The second-order valence-corrected chi connectivity index (χ2v) is 1.70. The lowest BCUT2D eigenvalue weighted by molar-refractivity contribution is 0.287. The fourth-order valence-electron chi connectivity index (χ4n) is 0.619. The number of nitrogens with zero attached hydrogens (tertiary/aromatic N) is 1. The van der Waals surface area contributed by atoms with E-state index in [9.17, 15) is 0 Å². The Labute approximate surface area is 51.2 Å². The van der Waals surface area contributed by atoms with Crippen LogP contribution in [0.2, 0.25) is 0 Å². The van der Waals surface area contributed by atoms with E-state index in [1.165, 1.54) is 0 Å². The number of hydrogen-bond donors (Lipinski definition) is 1. The van der Waals surface area contributed by atoms with Crippen LogP contribution in [0.25, 0.3) is 0 Å². The summed E-state index contributed by atoms with van der Waals surface area (Å²) < 4.78 is 0. The highest BCUT2D eigenvalue weighted by Crippen LogP contribution is 1.91. The first-order chi connectivity index (χ1) is 3.72. The predicted molar refractivity (Wildman–Crippen MR) is 36.3 cm³/mol. The van der Waals surface area contributed by atoms with Gasteiger partial charge in [-0.2, -0.15) is 0 Å². The molecule has 0 aromatic rings. The monoisotopic (exact) mass is 114 g/mol. The molecule has 0 amide bonds. The van der Waals surface area contributed by atoms with Gasteiger partial charge in [-0.05, 0) is 13.8 Å². The summed E-state index contributed by atoms with van der Waals surface area (Å²) in [4.78, 5) is 0. The molecule has 1 N–H and O–H groups in total. The third-order valence-electron chi connectivity index (χ3n) is 1.05. The quantitative estimate of drug-likeness (QED) is 0.550. The van der Waals surface area contributed by atoms with Crippen LogP contribution in [-0.4, -0.2) is 18.6 Å². The molecule has 0 saturated heterocycles. The van der Waals surface area contributed by atoms with Gasteiger partial charge < -0.3 is 5.01 Å². The summed E-state index contributed by atoms with van der Waals surface area (Å²) in [6.07, 6.45) is 0. The largest absolute Gasteiger partial charge is 0.314 e. The van der Waals surface area contributed by atoms with Crippen molar-refractivity contribution in [2.75, 3.05) is 13.6 Å². The van der Waals surface area contributed by atoms with Gasteiger partial charge in [-0.3, -0.25) is 0 Å². The average Bonchev–Trinajstić information content (AvgIpc) is 1.69. The van der Waals surface area contributed by atoms with E-state index >= 15 is 0 Å². The van der Waals surface area contributed by atoms with Crippen molar-refractivity contribution in [3.05, 3.63) is 12.3 Å². The Balaban J connectivity index is 3.52. The van der Waals surface area contributed by atoms with Crippen LogP contribution in [0.5, 0.6) is 0 Å². The normalized spacial score (nSPS) is 8.88. The summed E-state index contributed by atoms with van der Waals surface area (Å²) in [5.74, 6) is 0. The van der Waals surface area contributed by atoms with Crippen molar-refractivity contribution in [3.63, 3.8) is 0 Å². The maximum Gasteiger partial charge on any atom is 0.0312 e. The highest BCUT2D eigenvalue weighted by Gasteiger charge is 1.92. The molecular weight excluding hydrogens is 100 g/mol. The van der Waals surface area contributed by atoms with E-state index in [2.05, 4.69) is 18.9 Å². The number of hydrazine groups is 1. The zero-order valence-electron chi connectivity index (χ0n) is 5.86. The van der Waals surface area contributed by atoms with Gasteiger partial charge >= 0.3 is 0 Å². The molecule has 0 bridgehead atoms.